The van der Waals surface area contributed by atoms with Gasteiger partial charge in [-0.25, -0.2) is 14.0 Å². The molecule has 0 unspecified atom stereocenters. The SMILES string of the molecule is COC(=O)Nc1ccc(C2(C(=O)N3CC[C@@]4(C3)OC(=O)c3cnccc34)CC2)c(F)c1. The zero-order valence-corrected chi connectivity index (χ0v) is 16.8. The Bertz CT molecular complexity index is 1120. The largest absolute Gasteiger partial charge is 0.453 e. The number of esters is 1. The summed E-state index contributed by atoms with van der Waals surface area (Å²) >= 11 is 0. The molecule has 1 aromatic heterocycles. The molecular formula is C22H20FN3O5. The first-order valence-electron chi connectivity index (χ1n) is 10.0. The number of anilines is 1. The van der Waals surface area contributed by atoms with Crippen molar-refractivity contribution in [3.05, 3.63) is 59.2 Å². The molecule has 9 heteroatoms. The lowest BCUT2D eigenvalue weighted by Gasteiger charge is -2.27. The molecule has 31 heavy (non-hydrogen) atoms. The molecule has 8 nitrogen and oxygen atoms in total. The van der Waals surface area contributed by atoms with E-state index in [0.717, 1.165) is 5.56 Å². The van der Waals surface area contributed by atoms with Crippen LogP contribution in [0.4, 0.5) is 14.9 Å². The van der Waals surface area contributed by atoms with Crippen molar-refractivity contribution < 1.29 is 28.2 Å². The first-order valence-corrected chi connectivity index (χ1v) is 10.0. The molecule has 2 fully saturated rings. The third-order valence-corrected chi connectivity index (χ3v) is 6.41. The number of methoxy groups -OCH3 is 1. The maximum Gasteiger partial charge on any atom is 0.411 e. The number of likely N-dealkylation sites (tertiary alicyclic amines) is 1. The van der Waals surface area contributed by atoms with E-state index in [1.807, 2.05) is 0 Å². The van der Waals surface area contributed by atoms with Gasteiger partial charge in [0.05, 0.1) is 24.6 Å². The van der Waals surface area contributed by atoms with Gasteiger partial charge in [0.25, 0.3) is 0 Å². The number of aromatic nitrogens is 1. The van der Waals surface area contributed by atoms with Crippen molar-refractivity contribution in [3.63, 3.8) is 0 Å². The van der Waals surface area contributed by atoms with E-state index in [9.17, 15) is 18.8 Å². The van der Waals surface area contributed by atoms with Gasteiger partial charge in [-0.05, 0) is 31.0 Å². The second-order valence-electron chi connectivity index (χ2n) is 8.18. The minimum absolute atomic E-state index is 0.171. The number of rotatable bonds is 3. The van der Waals surface area contributed by atoms with Gasteiger partial charge in [-0.1, -0.05) is 6.07 Å². The lowest BCUT2D eigenvalue weighted by atomic mass is 9.92. The molecule has 0 bridgehead atoms. The summed E-state index contributed by atoms with van der Waals surface area (Å²) in [7, 11) is 1.22. The summed E-state index contributed by atoms with van der Waals surface area (Å²) in [6.45, 7) is 0.652. The van der Waals surface area contributed by atoms with Gasteiger partial charge in [0, 0.05) is 42.2 Å². The molecule has 1 atom stereocenters. The van der Waals surface area contributed by atoms with E-state index in [4.69, 9.17) is 4.74 Å². The van der Waals surface area contributed by atoms with Crippen molar-refractivity contribution in [3.8, 4) is 0 Å². The van der Waals surface area contributed by atoms with Crippen LogP contribution < -0.4 is 5.32 Å². The molecule has 1 saturated carbocycles. The van der Waals surface area contributed by atoms with E-state index < -0.39 is 28.9 Å². The third kappa shape index (κ3) is 2.95. The fourth-order valence-electron chi connectivity index (χ4n) is 4.68. The van der Waals surface area contributed by atoms with Crippen molar-refractivity contribution in [2.24, 2.45) is 0 Å². The molecule has 3 heterocycles. The third-order valence-electron chi connectivity index (χ3n) is 6.41. The minimum Gasteiger partial charge on any atom is -0.453 e. The number of nitrogens with one attached hydrogen (secondary N) is 1. The monoisotopic (exact) mass is 425 g/mol. The number of hydrogen-bond donors (Lipinski definition) is 1. The van der Waals surface area contributed by atoms with E-state index in [2.05, 4.69) is 15.0 Å². The Hall–Kier alpha value is -3.49. The van der Waals surface area contributed by atoms with Gasteiger partial charge in [-0.2, -0.15) is 0 Å². The number of benzene rings is 1. The van der Waals surface area contributed by atoms with E-state index in [0.29, 0.717) is 36.9 Å². The van der Waals surface area contributed by atoms with E-state index in [1.54, 1.807) is 23.2 Å². The Kier molecular flexibility index (Phi) is 4.25. The van der Waals surface area contributed by atoms with Gasteiger partial charge in [0.1, 0.15) is 5.82 Å². The number of amides is 2. The number of halogens is 1. The van der Waals surface area contributed by atoms with Crippen molar-refractivity contribution >= 4 is 23.7 Å². The summed E-state index contributed by atoms with van der Waals surface area (Å²) in [5.41, 5.74) is -0.0620. The number of pyridine rings is 1. The maximum absolute atomic E-state index is 14.9. The van der Waals surface area contributed by atoms with Crippen LogP contribution in [0.5, 0.6) is 0 Å². The number of hydrogen-bond acceptors (Lipinski definition) is 6. The molecule has 0 radical (unpaired) electrons. The van der Waals surface area contributed by atoms with Gasteiger partial charge in [-0.15, -0.1) is 0 Å². The molecule has 1 N–H and O–H groups in total. The molecular weight excluding hydrogens is 405 g/mol. The first kappa shape index (κ1) is 19.5. The lowest BCUT2D eigenvalue weighted by molar-refractivity contribution is -0.134. The quantitative estimate of drug-likeness (QED) is 0.760. The van der Waals surface area contributed by atoms with E-state index in [1.165, 1.54) is 25.4 Å². The normalized spacial score (nSPS) is 22.8. The molecule has 5 rings (SSSR count). The van der Waals surface area contributed by atoms with Crippen LogP contribution >= 0.6 is 0 Å². The van der Waals surface area contributed by atoms with Crippen molar-refractivity contribution in [2.75, 3.05) is 25.5 Å². The predicted octanol–water partition coefficient (Wildman–Crippen LogP) is 2.73. The molecule has 2 aromatic rings. The highest BCUT2D eigenvalue weighted by atomic mass is 19.1. The molecule has 3 aliphatic rings. The average molecular weight is 425 g/mol. The van der Waals surface area contributed by atoms with Gasteiger partial charge in [0.2, 0.25) is 5.91 Å². The highest BCUT2D eigenvalue weighted by molar-refractivity contribution is 5.95. The molecule has 1 aromatic carbocycles. The average Bonchev–Trinajstić information content (AvgIpc) is 3.38. The Morgan fingerprint density at radius 3 is 2.74 bits per heavy atom. The fourth-order valence-corrected chi connectivity index (χ4v) is 4.68. The first-order chi connectivity index (χ1) is 14.9. The minimum atomic E-state index is -0.927. The second kappa shape index (κ2) is 6.76. The molecule has 160 valence electrons. The smallest absolute Gasteiger partial charge is 0.411 e. The summed E-state index contributed by atoms with van der Waals surface area (Å²) in [6.07, 6.45) is 3.95. The van der Waals surface area contributed by atoms with E-state index >= 15 is 0 Å². The molecule has 1 saturated heterocycles. The van der Waals surface area contributed by atoms with Crippen LogP contribution in [-0.4, -0.2) is 48.1 Å². The van der Waals surface area contributed by atoms with Crippen molar-refractivity contribution in [1.82, 2.24) is 9.88 Å². The lowest BCUT2D eigenvalue weighted by Crippen LogP contribution is -2.40. The van der Waals surface area contributed by atoms with Crippen LogP contribution in [0.1, 0.15) is 40.7 Å². The second-order valence-corrected chi connectivity index (χ2v) is 8.18. The van der Waals surface area contributed by atoms with Crippen LogP contribution in [0.3, 0.4) is 0 Å². The molecule has 1 spiro atoms. The van der Waals surface area contributed by atoms with Crippen molar-refractivity contribution in [1.29, 1.82) is 0 Å². The molecule has 1 aliphatic carbocycles. The summed E-state index contributed by atoms with van der Waals surface area (Å²) in [5, 5.41) is 2.41. The number of nitrogens with zero attached hydrogens (tertiary/aromatic N) is 2. The predicted molar refractivity (Wildman–Crippen MR) is 106 cm³/mol. The van der Waals surface area contributed by atoms with Crippen LogP contribution in [0, 0.1) is 5.82 Å². The van der Waals surface area contributed by atoms with Gasteiger partial charge in [-0.3, -0.25) is 15.1 Å². The van der Waals surface area contributed by atoms with Crippen LogP contribution in [0.25, 0.3) is 0 Å². The number of fused-ring (bicyclic) bond motifs is 2. The summed E-state index contributed by atoms with van der Waals surface area (Å²) < 4.78 is 25.1. The maximum atomic E-state index is 14.9. The Morgan fingerprint density at radius 1 is 1.23 bits per heavy atom. The van der Waals surface area contributed by atoms with Gasteiger partial charge < -0.3 is 14.4 Å². The van der Waals surface area contributed by atoms with Crippen LogP contribution in [0.2, 0.25) is 0 Å². The van der Waals surface area contributed by atoms with Crippen molar-refractivity contribution in [2.45, 2.75) is 30.3 Å². The zero-order chi connectivity index (χ0) is 21.8. The number of carbonyl (C=O) groups is 3. The van der Waals surface area contributed by atoms with Gasteiger partial charge >= 0.3 is 12.1 Å². The molecule has 2 amide bonds. The Balaban J connectivity index is 1.38. The highest BCUT2D eigenvalue weighted by Gasteiger charge is 2.58. The van der Waals surface area contributed by atoms with Gasteiger partial charge in [0.15, 0.2) is 5.60 Å². The van der Waals surface area contributed by atoms with Crippen LogP contribution in [0.15, 0.2) is 36.7 Å². The summed E-state index contributed by atoms with van der Waals surface area (Å²) in [4.78, 5) is 42.7. The fraction of sp³-hybridized carbons (Fsp3) is 0.364. The molecule has 2 aliphatic heterocycles. The summed E-state index contributed by atoms with van der Waals surface area (Å²) in [6, 6.07) is 6.03. The Labute approximate surface area is 177 Å². The zero-order valence-electron chi connectivity index (χ0n) is 16.8. The topological polar surface area (TPSA) is 97.8 Å². The standard InChI is InChI=1S/C22H20FN3O5/c1-30-20(29)25-13-2-3-16(17(23)10-13)21(5-6-21)19(28)26-9-7-22(12-26)15-4-8-24-11-14(15)18(27)31-22/h2-4,8,10-11H,5-7,9,12H2,1H3,(H,25,29)/t22-/m0/s1. The van der Waals surface area contributed by atoms with E-state index in [-0.39, 0.29) is 18.1 Å². The van der Waals surface area contributed by atoms with Crippen LogP contribution in [-0.2, 0) is 25.3 Å². The highest BCUT2D eigenvalue weighted by Crippen LogP contribution is 2.52. The summed E-state index contributed by atoms with van der Waals surface area (Å²) in [5.74, 6) is -1.16. The number of ether oxygens (including phenoxy) is 2. The number of carbonyl (C=O) groups excluding carboxylic acids is 3. The Morgan fingerprint density at radius 2 is 2.03 bits per heavy atom.